The van der Waals surface area contributed by atoms with Gasteiger partial charge in [0, 0.05) is 12.2 Å². The summed E-state index contributed by atoms with van der Waals surface area (Å²) < 4.78 is 1.91. The summed E-state index contributed by atoms with van der Waals surface area (Å²) in [6.45, 7) is 5.19. The van der Waals surface area contributed by atoms with E-state index in [1.165, 1.54) is 11.1 Å². The summed E-state index contributed by atoms with van der Waals surface area (Å²) in [6, 6.07) is 8.76. The number of rotatable bonds is 6. The average Bonchev–Trinajstić information content (AvgIpc) is 2.98. The Balaban J connectivity index is 1.48. The zero-order chi connectivity index (χ0) is 16.9. The standard InChI is InChI=1S/C19H26N4O/c1-14-10-21-23(12-14)13-15(2)20-11-19(24)22-18-9-5-7-16-6-3-4-8-17(16)18/h3-4,6,8,10,12,15,18,20H,5,7,9,11,13H2,1-2H3,(H,22,24). The van der Waals surface area contributed by atoms with Gasteiger partial charge in [-0.3, -0.25) is 9.48 Å². The molecule has 0 saturated heterocycles. The van der Waals surface area contributed by atoms with E-state index in [9.17, 15) is 4.79 Å². The summed E-state index contributed by atoms with van der Waals surface area (Å²) in [6.07, 6.45) is 7.12. The summed E-state index contributed by atoms with van der Waals surface area (Å²) in [5.74, 6) is 0.0557. The summed E-state index contributed by atoms with van der Waals surface area (Å²) in [5, 5.41) is 10.7. The smallest absolute Gasteiger partial charge is 0.234 e. The van der Waals surface area contributed by atoms with Crippen molar-refractivity contribution in [1.82, 2.24) is 20.4 Å². The number of nitrogens with zero attached hydrogens (tertiary/aromatic N) is 2. The Morgan fingerprint density at radius 2 is 2.25 bits per heavy atom. The molecular weight excluding hydrogens is 300 g/mol. The predicted octanol–water partition coefficient (Wildman–Crippen LogP) is 2.36. The quantitative estimate of drug-likeness (QED) is 0.857. The molecule has 0 fully saturated rings. The Morgan fingerprint density at radius 3 is 3.04 bits per heavy atom. The molecule has 128 valence electrons. The Kier molecular flexibility index (Phi) is 5.30. The van der Waals surface area contributed by atoms with Gasteiger partial charge in [0.1, 0.15) is 0 Å². The van der Waals surface area contributed by atoms with E-state index in [4.69, 9.17) is 0 Å². The van der Waals surface area contributed by atoms with Crippen molar-refractivity contribution < 1.29 is 4.79 Å². The van der Waals surface area contributed by atoms with Gasteiger partial charge in [-0.25, -0.2) is 0 Å². The van der Waals surface area contributed by atoms with Crippen LogP contribution in [0.15, 0.2) is 36.7 Å². The van der Waals surface area contributed by atoms with Crippen LogP contribution >= 0.6 is 0 Å². The lowest BCUT2D eigenvalue weighted by atomic mass is 9.88. The molecule has 5 heteroatoms. The third-order valence-electron chi connectivity index (χ3n) is 4.54. The zero-order valence-corrected chi connectivity index (χ0v) is 14.5. The van der Waals surface area contributed by atoms with Crippen molar-refractivity contribution in [3.05, 3.63) is 53.3 Å². The van der Waals surface area contributed by atoms with Crippen LogP contribution in [0.1, 0.15) is 42.5 Å². The molecule has 1 aromatic carbocycles. The molecule has 0 saturated carbocycles. The summed E-state index contributed by atoms with van der Waals surface area (Å²) in [5.41, 5.74) is 3.79. The van der Waals surface area contributed by atoms with Crippen LogP contribution in [-0.2, 0) is 17.8 Å². The van der Waals surface area contributed by atoms with Crippen molar-refractivity contribution in [2.45, 2.75) is 51.7 Å². The molecule has 0 bridgehead atoms. The fourth-order valence-corrected chi connectivity index (χ4v) is 3.33. The largest absolute Gasteiger partial charge is 0.348 e. The van der Waals surface area contributed by atoms with Crippen molar-refractivity contribution in [3.8, 4) is 0 Å². The number of fused-ring (bicyclic) bond motifs is 1. The minimum absolute atomic E-state index is 0.0557. The van der Waals surface area contributed by atoms with Crippen LogP contribution in [0, 0.1) is 6.92 Å². The molecule has 0 aliphatic heterocycles. The van der Waals surface area contributed by atoms with E-state index in [0.29, 0.717) is 6.54 Å². The number of aryl methyl sites for hydroxylation is 2. The van der Waals surface area contributed by atoms with Gasteiger partial charge < -0.3 is 10.6 Å². The Bertz CT molecular complexity index is 694. The SMILES string of the molecule is Cc1cnn(CC(C)NCC(=O)NC2CCCc3ccccc32)c1. The first-order chi connectivity index (χ1) is 11.6. The molecule has 5 nitrogen and oxygen atoms in total. The molecule has 1 aromatic heterocycles. The molecule has 1 heterocycles. The minimum Gasteiger partial charge on any atom is -0.348 e. The Hall–Kier alpha value is -2.14. The number of carbonyl (C=O) groups is 1. The molecule has 1 amide bonds. The molecule has 0 spiro atoms. The molecule has 2 unspecified atom stereocenters. The molecule has 0 radical (unpaired) electrons. The lowest BCUT2D eigenvalue weighted by Gasteiger charge is -2.26. The molecule has 2 aromatic rings. The number of aromatic nitrogens is 2. The first kappa shape index (κ1) is 16.7. The van der Waals surface area contributed by atoms with E-state index >= 15 is 0 Å². The lowest BCUT2D eigenvalue weighted by molar-refractivity contribution is -0.121. The number of hydrogen-bond acceptors (Lipinski definition) is 3. The van der Waals surface area contributed by atoms with Crippen molar-refractivity contribution in [1.29, 1.82) is 0 Å². The van der Waals surface area contributed by atoms with Crippen molar-refractivity contribution in [2.24, 2.45) is 0 Å². The number of amides is 1. The van der Waals surface area contributed by atoms with Gasteiger partial charge in [-0.05, 0) is 49.8 Å². The predicted molar refractivity (Wildman–Crippen MR) is 94.7 cm³/mol. The van der Waals surface area contributed by atoms with Crippen LogP contribution in [0.25, 0.3) is 0 Å². The second kappa shape index (κ2) is 7.62. The number of nitrogens with one attached hydrogen (secondary N) is 2. The molecule has 1 aliphatic rings. The summed E-state index contributed by atoms with van der Waals surface area (Å²) >= 11 is 0. The summed E-state index contributed by atoms with van der Waals surface area (Å²) in [7, 11) is 0. The monoisotopic (exact) mass is 326 g/mol. The van der Waals surface area contributed by atoms with E-state index < -0.39 is 0 Å². The highest BCUT2D eigenvalue weighted by Gasteiger charge is 2.21. The highest BCUT2D eigenvalue weighted by Crippen LogP contribution is 2.29. The van der Waals surface area contributed by atoms with E-state index in [2.05, 4.69) is 46.9 Å². The van der Waals surface area contributed by atoms with E-state index in [1.54, 1.807) is 0 Å². The number of hydrogen-bond donors (Lipinski definition) is 2. The van der Waals surface area contributed by atoms with Crippen LogP contribution < -0.4 is 10.6 Å². The first-order valence-corrected chi connectivity index (χ1v) is 8.71. The highest BCUT2D eigenvalue weighted by molar-refractivity contribution is 5.78. The van der Waals surface area contributed by atoms with Crippen LogP contribution in [-0.4, -0.2) is 28.3 Å². The fraction of sp³-hybridized carbons (Fsp3) is 0.474. The van der Waals surface area contributed by atoms with Crippen molar-refractivity contribution in [3.63, 3.8) is 0 Å². The first-order valence-electron chi connectivity index (χ1n) is 8.71. The average molecular weight is 326 g/mol. The fourth-order valence-electron chi connectivity index (χ4n) is 3.33. The van der Waals surface area contributed by atoms with Crippen molar-refractivity contribution in [2.75, 3.05) is 6.54 Å². The minimum atomic E-state index is 0.0557. The van der Waals surface area contributed by atoms with Crippen LogP contribution in [0.2, 0.25) is 0 Å². The third-order valence-corrected chi connectivity index (χ3v) is 4.54. The number of carbonyl (C=O) groups excluding carboxylic acids is 1. The van der Waals surface area contributed by atoms with Crippen LogP contribution in [0.5, 0.6) is 0 Å². The van der Waals surface area contributed by atoms with Gasteiger partial charge in [-0.1, -0.05) is 24.3 Å². The maximum absolute atomic E-state index is 12.3. The van der Waals surface area contributed by atoms with E-state index in [1.807, 2.05) is 24.0 Å². The third kappa shape index (κ3) is 4.23. The topological polar surface area (TPSA) is 59.0 Å². The molecule has 24 heavy (non-hydrogen) atoms. The van der Waals surface area contributed by atoms with Gasteiger partial charge in [-0.15, -0.1) is 0 Å². The highest BCUT2D eigenvalue weighted by atomic mass is 16.2. The molecule has 2 atom stereocenters. The normalized spacial score (nSPS) is 18.0. The van der Waals surface area contributed by atoms with Crippen molar-refractivity contribution >= 4 is 5.91 Å². The Morgan fingerprint density at radius 1 is 1.42 bits per heavy atom. The maximum Gasteiger partial charge on any atom is 0.234 e. The van der Waals surface area contributed by atoms with Crippen LogP contribution in [0.4, 0.5) is 0 Å². The molecule has 1 aliphatic carbocycles. The molecular formula is C19H26N4O. The zero-order valence-electron chi connectivity index (χ0n) is 14.5. The Labute approximate surface area is 143 Å². The van der Waals surface area contributed by atoms with Gasteiger partial charge >= 0.3 is 0 Å². The van der Waals surface area contributed by atoms with Gasteiger partial charge in [0.2, 0.25) is 5.91 Å². The van der Waals surface area contributed by atoms with Gasteiger partial charge in [-0.2, -0.15) is 5.10 Å². The van der Waals surface area contributed by atoms with Gasteiger partial charge in [0.15, 0.2) is 0 Å². The van der Waals surface area contributed by atoms with E-state index in [-0.39, 0.29) is 18.0 Å². The summed E-state index contributed by atoms with van der Waals surface area (Å²) in [4.78, 5) is 12.3. The van der Waals surface area contributed by atoms with Crippen LogP contribution in [0.3, 0.4) is 0 Å². The lowest BCUT2D eigenvalue weighted by Crippen LogP contribution is -2.41. The molecule has 2 N–H and O–H groups in total. The maximum atomic E-state index is 12.3. The van der Waals surface area contributed by atoms with Gasteiger partial charge in [0.25, 0.3) is 0 Å². The second-order valence-corrected chi connectivity index (χ2v) is 6.73. The second-order valence-electron chi connectivity index (χ2n) is 6.73. The van der Waals surface area contributed by atoms with E-state index in [0.717, 1.165) is 31.4 Å². The number of benzene rings is 1. The van der Waals surface area contributed by atoms with Gasteiger partial charge in [0.05, 0.1) is 25.3 Å². The molecule has 3 rings (SSSR count).